The zero-order chi connectivity index (χ0) is 16.5. The van der Waals surface area contributed by atoms with Crippen LogP contribution in [0.2, 0.25) is 0 Å². The number of nitrogens with one attached hydrogen (secondary N) is 1. The van der Waals surface area contributed by atoms with Gasteiger partial charge in [0.25, 0.3) is 0 Å². The summed E-state index contributed by atoms with van der Waals surface area (Å²) in [5.74, 6) is 1.48. The fraction of sp³-hybridized carbons (Fsp3) is 0.588. The number of likely N-dealkylation sites (tertiary alicyclic amines) is 1. The van der Waals surface area contributed by atoms with Crippen molar-refractivity contribution in [3.05, 3.63) is 24.3 Å². The first kappa shape index (κ1) is 17.4. The number of aliphatic hydroxyl groups is 1. The molecule has 0 bridgehead atoms. The summed E-state index contributed by atoms with van der Waals surface area (Å²) in [7, 11) is 0. The lowest BCUT2D eigenvalue weighted by Gasteiger charge is -2.35. The summed E-state index contributed by atoms with van der Waals surface area (Å²) in [5.41, 5.74) is 0. The number of ether oxygens (including phenoxy) is 2. The van der Waals surface area contributed by atoms with Gasteiger partial charge < -0.3 is 24.8 Å². The van der Waals surface area contributed by atoms with E-state index in [0.29, 0.717) is 18.8 Å². The van der Waals surface area contributed by atoms with Gasteiger partial charge in [-0.25, -0.2) is 4.79 Å². The van der Waals surface area contributed by atoms with Gasteiger partial charge in [-0.2, -0.15) is 0 Å². The Morgan fingerprint density at radius 2 is 1.96 bits per heavy atom. The minimum Gasteiger partial charge on any atom is -0.494 e. The van der Waals surface area contributed by atoms with Gasteiger partial charge in [-0.15, -0.1) is 0 Å². The molecule has 0 saturated carbocycles. The van der Waals surface area contributed by atoms with Gasteiger partial charge in [0.2, 0.25) is 0 Å². The van der Waals surface area contributed by atoms with Crippen molar-refractivity contribution in [3.63, 3.8) is 0 Å². The van der Waals surface area contributed by atoms with Crippen LogP contribution in [0.5, 0.6) is 11.5 Å². The molecule has 128 valence electrons. The second-order valence-corrected chi connectivity index (χ2v) is 5.53. The largest absolute Gasteiger partial charge is 0.494 e. The highest BCUT2D eigenvalue weighted by Crippen LogP contribution is 2.20. The van der Waals surface area contributed by atoms with Crippen LogP contribution in [-0.2, 0) is 0 Å². The molecule has 1 heterocycles. The van der Waals surface area contributed by atoms with Crippen LogP contribution in [0.1, 0.15) is 32.6 Å². The van der Waals surface area contributed by atoms with Crippen molar-refractivity contribution in [2.45, 2.75) is 38.6 Å². The van der Waals surface area contributed by atoms with Crippen LogP contribution in [0.4, 0.5) is 4.79 Å². The average Bonchev–Trinajstić information content (AvgIpc) is 2.57. The van der Waals surface area contributed by atoms with Gasteiger partial charge >= 0.3 is 6.03 Å². The topological polar surface area (TPSA) is 71.0 Å². The molecule has 1 aliphatic rings. The van der Waals surface area contributed by atoms with Crippen molar-refractivity contribution in [1.82, 2.24) is 10.2 Å². The smallest absolute Gasteiger partial charge is 0.320 e. The molecule has 1 aromatic rings. The molecule has 2 amide bonds. The molecule has 23 heavy (non-hydrogen) atoms. The Morgan fingerprint density at radius 3 is 2.61 bits per heavy atom. The summed E-state index contributed by atoms with van der Waals surface area (Å²) < 4.78 is 10.9. The number of hydrogen-bond acceptors (Lipinski definition) is 4. The van der Waals surface area contributed by atoms with Crippen molar-refractivity contribution in [2.24, 2.45) is 0 Å². The summed E-state index contributed by atoms with van der Waals surface area (Å²) in [6.45, 7) is 3.53. The standard InChI is InChI=1S/C17H26N2O4/c1-2-22-15-6-8-16(9-7-15)23-13-18-17(21)19-11-4-3-5-14(19)10-12-20/h6-9,14,20H,2-5,10-13H2,1H3,(H,18,21). The van der Waals surface area contributed by atoms with Crippen molar-refractivity contribution < 1.29 is 19.4 Å². The molecule has 0 spiro atoms. The lowest BCUT2D eigenvalue weighted by Crippen LogP contribution is -2.49. The van der Waals surface area contributed by atoms with Crippen molar-refractivity contribution in [1.29, 1.82) is 0 Å². The molecule has 1 aromatic carbocycles. The zero-order valence-electron chi connectivity index (χ0n) is 13.7. The highest BCUT2D eigenvalue weighted by atomic mass is 16.5. The normalized spacial score (nSPS) is 17.7. The quantitative estimate of drug-likeness (QED) is 0.756. The van der Waals surface area contributed by atoms with Crippen LogP contribution < -0.4 is 14.8 Å². The maximum atomic E-state index is 12.2. The van der Waals surface area contributed by atoms with E-state index in [1.165, 1.54) is 0 Å². The summed E-state index contributed by atoms with van der Waals surface area (Å²) in [4.78, 5) is 14.1. The van der Waals surface area contributed by atoms with E-state index in [2.05, 4.69) is 5.32 Å². The second-order valence-electron chi connectivity index (χ2n) is 5.53. The number of carbonyl (C=O) groups excluding carboxylic acids is 1. The molecule has 1 saturated heterocycles. The number of urea groups is 1. The molecule has 0 radical (unpaired) electrons. The Hall–Kier alpha value is -1.95. The van der Waals surface area contributed by atoms with E-state index >= 15 is 0 Å². The molecular formula is C17H26N2O4. The number of piperidine rings is 1. The summed E-state index contributed by atoms with van der Waals surface area (Å²) in [5, 5.41) is 11.9. The third kappa shape index (κ3) is 5.32. The predicted octanol–water partition coefficient (Wildman–Crippen LogP) is 2.37. The van der Waals surface area contributed by atoms with Gasteiger partial charge in [0.1, 0.15) is 11.5 Å². The van der Waals surface area contributed by atoms with Crippen LogP contribution in [-0.4, -0.2) is 48.6 Å². The molecule has 1 aliphatic heterocycles. The third-order valence-corrected chi connectivity index (χ3v) is 3.95. The van der Waals surface area contributed by atoms with E-state index in [0.717, 1.165) is 31.6 Å². The number of aliphatic hydroxyl groups excluding tert-OH is 1. The first-order chi connectivity index (χ1) is 11.2. The summed E-state index contributed by atoms with van der Waals surface area (Å²) >= 11 is 0. The highest BCUT2D eigenvalue weighted by Gasteiger charge is 2.25. The molecule has 2 N–H and O–H groups in total. The maximum Gasteiger partial charge on any atom is 0.320 e. The van der Waals surface area contributed by atoms with Crippen molar-refractivity contribution >= 4 is 6.03 Å². The van der Waals surface area contributed by atoms with E-state index in [1.807, 2.05) is 31.2 Å². The van der Waals surface area contributed by atoms with Crippen LogP contribution in [0.15, 0.2) is 24.3 Å². The first-order valence-electron chi connectivity index (χ1n) is 8.25. The lowest BCUT2D eigenvalue weighted by atomic mass is 10.0. The fourth-order valence-corrected chi connectivity index (χ4v) is 2.80. The minimum absolute atomic E-state index is 0.108. The van der Waals surface area contributed by atoms with Gasteiger partial charge in [0.05, 0.1) is 6.61 Å². The van der Waals surface area contributed by atoms with Crippen LogP contribution in [0, 0.1) is 0 Å². The highest BCUT2D eigenvalue weighted by molar-refractivity contribution is 5.74. The van der Waals surface area contributed by atoms with Crippen molar-refractivity contribution in [3.8, 4) is 11.5 Å². The van der Waals surface area contributed by atoms with Crippen molar-refractivity contribution in [2.75, 3.05) is 26.5 Å². The minimum atomic E-state index is -0.130. The SMILES string of the molecule is CCOc1ccc(OCNC(=O)N2CCCCC2CCO)cc1. The van der Waals surface area contributed by atoms with E-state index in [-0.39, 0.29) is 25.4 Å². The molecule has 1 fully saturated rings. The van der Waals surface area contributed by atoms with Crippen LogP contribution in [0.3, 0.4) is 0 Å². The lowest BCUT2D eigenvalue weighted by molar-refractivity contribution is 0.126. The summed E-state index contributed by atoms with van der Waals surface area (Å²) in [6.07, 6.45) is 3.70. The number of amides is 2. The average molecular weight is 322 g/mol. The van der Waals surface area contributed by atoms with Gasteiger partial charge in [0, 0.05) is 19.2 Å². The van der Waals surface area contributed by atoms with E-state index < -0.39 is 0 Å². The Labute approximate surface area is 137 Å². The maximum absolute atomic E-state index is 12.2. The Morgan fingerprint density at radius 1 is 1.26 bits per heavy atom. The number of hydrogen-bond donors (Lipinski definition) is 2. The van der Waals surface area contributed by atoms with Crippen LogP contribution in [0.25, 0.3) is 0 Å². The Balaban J connectivity index is 1.77. The predicted molar refractivity (Wildman–Crippen MR) is 87.7 cm³/mol. The summed E-state index contributed by atoms with van der Waals surface area (Å²) in [6, 6.07) is 7.29. The molecule has 0 aromatic heterocycles. The molecule has 6 nitrogen and oxygen atoms in total. The van der Waals surface area contributed by atoms with Gasteiger partial charge in [0.15, 0.2) is 6.73 Å². The van der Waals surface area contributed by atoms with Gasteiger partial charge in [-0.05, 0) is 56.9 Å². The van der Waals surface area contributed by atoms with Crippen LogP contribution >= 0.6 is 0 Å². The molecule has 0 aliphatic carbocycles. The molecular weight excluding hydrogens is 296 g/mol. The fourth-order valence-electron chi connectivity index (χ4n) is 2.80. The van der Waals surface area contributed by atoms with Gasteiger partial charge in [-0.3, -0.25) is 0 Å². The number of carbonyl (C=O) groups is 1. The molecule has 2 rings (SSSR count). The first-order valence-corrected chi connectivity index (χ1v) is 8.25. The number of rotatable bonds is 7. The number of benzene rings is 1. The second kappa shape index (κ2) is 9.25. The van der Waals surface area contributed by atoms with E-state index in [9.17, 15) is 4.79 Å². The molecule has 1 unspecified atom stereocenters. The van der Waals surface area contributed by atoms with E-state index in [4.69, 9.17) is 14.6 Å². The van der Waals surface area contributed by atoms with E-state index in [1.54, 1.807) is 4.90 Å². The number of nitrogens with zero attached hydrogens (tertiary/aromatic N) is 1. The third-order valence-electron chi connectivity index (χ3n) is 3.95. The Kier molecular flexibility index (Phi) is 7.00. The van der Waals surface area contributed by atoms with Gasteiger partial charge in [-0.1, -0.05) is 0 Å². The molecule has 6 heteroatoms. The zero-order valence-corrected chi connectivity index (χ0v) is 13.7. The molecule has 1 atom stereocenters. The Bertz CT molecular complexity index is 476. The monoisotopic (exact) mass is 322 g/mol.